The van der Waals surface area contributed by atoms with Gasteiger partial charge in [0.15, 0.2) is 0 Å². The smallest absolute Gasteiger partial charge is 0.317 e. The van der Waals surface area contributed by atoms with Crippen molar-refractivity contribution in [1.29, 1.82) is 0 Å². The average molecular weight is 392 g/mol. The highest BCUT2D eigenvalue weighted by Gasteiger charge is 2.19. The van der Waals surface area contributed by atoms with Crippen LogP contribution in [-0.2, 0) is 0 Å². The Labute approximate surface area is 172 Å². The van der Waals surface area contributed by atoms with Gasteiger partial charge in [0.1, 0.15) is 0 Å². The third kappa shape index (κ3) is 5.70. The first kappa shape index (κ1) is 20.6. The summed E-state index contributed by atoms with van der Waals surface area (Å²) in [5.74, 6) is 0.368. The van der Waals surface area contributed by atoms with Gasteiger partial charge >= 0.3 is 6.03 Å². The van der Waals surface area contributed by atoms with E-state index in [2.05, 4.69) is 22.8 Å². The SMILES string of the molecule is C[C@H](c1cccc(NC(=O)c2ccccc2)c1)N(C)C(=O)NC[C@H]1CC=CCC1. The number of carbonyl (C=O) groups excluding carboxylic acids is 2. The molecule has 0 aliphatic heterocycles. The van der Waals surface area contributed by atoms with Gasteiger partial charge in [-0.15, -0.1) is 0 Å². The van der Waals surface area contributed by atoms with E-state index < -0.39 is 0 Å². The first-order chi connectivity index (χ1) is 14.0. The highest BCUT2D eigenvalue weighted by Crippen LogP contribution is 2.23. The molecule has 2 N–H and O–H groups in total. The van der Waals surface area contributed by atoms with Gasteiger partial charge < -0.3 is 15.5 Å². The summed E-state index contributed by atoms with van der Waals surface area (Å²) < 4.78 is 0. The van der Waals surface area contributed by atoms with Gasteiger partial charge in [-0.05, 0) is 61.9 Å². The number of benzene rings is 2. The second-order valence-electron chi connectivity index (χ2n) is 7.57. The molecule has 2 atom stereocenters. The van der Waals surface area contributed by atoms with Gasteiger partial charge in [0, 0.05) is 24.8 Å². The number of hydrogen-bond donors (Lipinski definition) is 2. The highest BCUT2D eigenvalue weighted by molar-refractivity contribution is 6.04. The van der Waals surface area contributed by atoms with Crippen LogP contribution in [0.3, 0.4) is 0 Å². The monoisotopic (exact) mass is 391 g/mol. The zero-order valence-corrected chi connectivity index (χ0v) is 17.1. The molecular weight excluding hydrogens is 362 g/mol. The lowest BCUT2D eigenvalue weighted by Gasteiger charge is -2.27. The maximum atomic E-state index is 12.6. The van der Waals surface area contributed by atoms with Crippen LogP contribution in [0, 0.1) is 5.92 Å². The lowest BCUT2D eigenvalue weighted by atomic mass is 9.94. The number of amides is 3. The van der Waals surface area contributed by atoms with Crippen LogP contribution in [0.2, 0.25) is 0 Å². The predicted octanol–water partition coefficient (Wildman–Crippen LogP) is 5.00. The summed E-state index contributed by atoms with van der Waals surface area (Å²) in [6.45, 7) is 2.69. The van der Waals surface area contributed by atoms with Crippen molar-refractivity contribution in [3.8, 4) is 0 Å². The Morgan fingerprint density at radius 1 is 1.10 bits per heavy atom. The number of hydrogen-bond acceptors (Lipinski definition) is 2. The van der Waals surface area contributed by atoms with Crippen molar-refractivity contribution in [3.05, 3.63) is 77.9 Å². The van der Waals surface area contributed by atoms with E-state index >= 15 is 0 Å². The molecule has 2 aromatic rings. The van der Waals surface area contributed by atoms with Crippen LogP contribution in [0.25, 0.3) is 0 Å². The minimum Gasteiger partial charge on any atom is -0.338 e. The molecule has 0 heterocycles. The minimum atomic E-state index is -0.150. The molecule has 152 valence electrons. The van der Waals surface area contributed by atoms with Crippen LogP contribution in [-0.4, -0.2) is 30.4 Å². The van der Waals surface area contributed by atoms with Crippen LogP contribution >= 0.6 is 0 Å². The molecule has 0 aromatic heterocycles. The molecule has 0 bridgehead atoms. The second kappa shape index (κ2) is 9.92. The number of urea groups is 1. The van der Waals surface area contributed by atoms with Crippen LogP contribution in [0.5, 0.6) is 0 Å². The Kier molecular flexibility index (Phi) is 7.06. The molecule has 3 rings (SSSR count). The average Bonchev–Trinajstić information content (AvgIpc) is 2.78. The fourth-order valence-electron chi connectivity index (χ4n) is 3.47. The van der Waals surface area contributed by atoms with Crippen LogP contribution in [0.1, 0.15) is 48.1 Å². The van der Waals surface area contributed by atoms with E-state index in [9.17, 15) is 9.59 Å². The van der Waals surface area contributed by atoms with Gasteiger partial charge in [-0.2, -0.15) is 0 Å². The van der Waals surface area contributed by atoms with Crippen molar-refractivity contribution >= 4 is 17.6 Å². The van der Waals surface area contributed by atoms with E-state index in [1.165, 1.54) is 0 Å². The molecule has 0 radical (unpaired) electrons. The third-order valence-corrected chi connectivity index (χ3v) is 5.48. The lowest BCUT2D eigenvalue weighted by Crippen LogP contribution is -2.41. The van der Waals surface area contributed by atoms with Gasteiger partial charge in [-0.25, -0.2) is 4.79 Å². The summed E-state index contributed by atoms with van der Waals surface area (Å²) in [4.78, 5) is 26.7. The first-order valence-electron chi connectivity index (χ1n) is 10.2. The number of nitrogens with zero attached hydrogens (tertiary/aromatic N) is 1. The molecule has 0 saturated carbocycles. The van der Waals surface area contributed by atoms with Crippen LogP contribution in [0.4, 0.5) is 10.5 Å². The van der Waals surface area contributed by atoms with E-state index in [1.54, 1.807) is 24.1 Å². The summed E-state index contributed by atoms with van der Waals surface area (Å²) in [5, 5.41) is 5.98. The molecule has 5 heteroatoms. The van der Waals surface area contributed by atoms with Crippen LogP contribution in [0.15, 0.2) is 66.7 Å². The quantitative estimate of drug-likeness (QED) is 0.681. The molecule has 29 heavy (non-hydrogen) atoms. The first-order valence-corrected chi connectivity index (χ1v) is 10.2. The number of rotatable bonds is 6. The predicted molar refractivity (Wildman–Crippen MR) is 117 cm³/mol. The molecule has 0 saturated heterocycles. The molecule has 3 amide bonds. The Bertz CT molecular complexity index is 863. The van der Waals surface area contributed by atoms with Gasteiger partial charge in [-0.3, -0.25) is 4.79 Å². The Morgan fingerprint density at radius 2 is 1.90 bits per heavy atom. The summed E-state index contributed by atoms with van der Waals surface area (Å²) in [5.41, 5.74) is 2.29. The number of anilines is 1. The van der Waals surface area contributed by atoms with Crippen molar-refractivity contribution in [2.24, 2.45) is 5.92 Å². The molecule has 0 unspecified atom stereocenters. The fraction of sp³-hybridized carbons (Fsp3) is 0.333. The van der Waals surface area contributed by atoms with E-state index in [0.29, 0.717) is 23.7 Å². The summed E-state index contributed by atoms with van der Waals surface area (Å²) in [6, 6.07) is 16.6. The summed E-state index contributed by atoms with van der Waals surface area (Å²) >= 11 is 0. The molecule has 2 aromatic carbocycles. The van der Waals surface area contributed by atoms with Crippen LogP contribution < -0.4 is 10.6 Å². The number of allylic oxidation sites excluding steroid dienone is 2. The largest absolute Gasteiger partial charge is 0.338 e. The Hall–Kier alpha value is -3.08. The Balaban J connectivity index is 1.59. The van der Waals surface area contributed by atoms with E-state index in [1.807, 2.05) is 49.4 Å². The fourth-order valence-corrected chi connectivity index (χ4v) is 3.47. The molecule has 5 nitrogen and oxygen atoms in total. The standard InChI is InChI=1S/C24H29N3O2/c1-18(27(2)24(29)25-17-19-10-5-3-6-11-19)21-14-9-15-22(16-21)26-23(28)20-12-7-4-8-13-20/h3-5,7-9,12-16,18-19H,6,10-11,17H2,1-2H3,(H,25,29)(H,26,28)/t18-,19+/m1/s1. The molecule has 1 aliphatic carbocycles. The van der Waals surface area contributed by atoms with Gasteiger partial charge in [0.25, 0.3) is 5.91 Å². The van der Waals surface area contributed by atoms with Crippen molar-refractivity contribution < 1.29 is 9.59 Å². The maximum Gasteiger partial charge on any atom is 0.317 e. The summed E-state index contributed by atoms with van der Waals surface area (Å²) in [6.07, 6.45) is 7.65. The Morgan fingerprint density at radius 3 is 2.62 bits per heavy atom. The third-order valence-electron chi connectivity index (χ3n) is 5.48. The number of carbonyl (C=O) groups is 2. The van der Waals surface area contributed by atoms with E-state index in [4.69, 9.17) is 0 Å². The zero-order valence-electron chi connectivity index (χ0n) is 17.1. The lowest BCUT2D eigenvalue weighted by molar-refractivity contribution is 0.102. The molecule has 1 aliphatic rings. The second-order valence-corrected chi connectivity index (χ2v) is 7.57. The summed E-state index contributed by atoms with van der Waals surface area (Å²) in [7, 11) is 1.80. The molecule has 0 spiro atoms. The van der Waals surface area contributed by atoms with Crippen molar-refractivity contribution in [2.75, 3.05) is 18.9 Å². The normalized spacial score (nSPS) is 16.7. The number of nitrogens with one attached hydrogen (secondary N) is 2. The van der Waals surface area contributed by atoms with Gasteiger partial charge in [-0.1, -0.05) is 42.5 Å². The van der Waals surface area contributed by atoms with Gasteiger partial charge in [0.05, 0.1) is 6.04 Å². The highest BCUT2D eigenvalue weighted by atomic mass is 16.2. The van der Waals surface area contributed by atoms with E-state index in [0.717, 1.165) is 24.8 Å². The van der Waals surface area contributed by atoms with Gasteiger partial charge in [0.2, 0.25) is 0 Å². The van der Waals surface area contributed by atoms with E-state index in [-0.39, 0.29) is 18.0 Å². The minimum absolute atomic E-state index is 0.0780. The van der Waals surface area contributed by atoms with Crippen molar-refractivity contribution in [3.63, 3.8) is 0 Å². The van der Waals surface area contributed by atoms with Crippen molar-refractivity contribution in [2.45, 2.75) is 32.2 Å². The van der Waals surface area contributed by atoms with Crippen molar-refractivity contribution in [1.82, 2.24) is 10.2 Å². The molecule has 0 fully saturated rings. The zero-order chi connectivity index (χ0) is 20.6. The molecular formula is C24H29N3O2. The maximum absolute atomic E-state index is 12.6. The topological polar surface area (TPSA) is 61.4 Å².